The van der Waals surface area contributed by atoms with E-state index in [0.717, 1.165) is 19.4 Å². The molecule has 6 heteroatoms. The van der Waals surface area contributed by atoms with Gasteiger partial charge in [0, 0.05) is 12.0 Å². The lowest BCUT2D eigenvalue weighted by Crippen LogP contribution is -2.62. The molecule has 0 bridgehead atoms. The highest BCUT2D eigenvalue weighted by molar-refractivity contribution is 5.10. The second-order valence-electron chi connectivity index (χ2n) is 9.48. The Hall–Kier alpha value is -0.240. The molecule has 25 heavy (non-hydrogen) atoms. The summed E-state index contributed by atoms with van der Waals surface area (Å²) in [4.78, 5) is 0. The maximum Gasteiger partial charge on any atom is 0.163 e. The lowest BCUT2D eigenvalue weighted by molar-refractivity contribution is -0.261. The lowest BCUT2D eigenvalue weighted by Gasteiger charge is -2.52. The second-order valence-corrected chi connectivity index (χ2v) is 9.48. The Morgan fingerprint density at radius 1 is 0.800 bits per heavy atom. The van der Waals surface area contributed by atoms with Crippen LogP contribution in [0.3, 0.4) is 0 Å². The molecule has 0 spiro atoms. The van der Waals surface area contributed by atoms with Gasteiger partial charge in [-0.3, -0.25) is 0 Å². The highest BCUT2D eigenvalue weighted by Crippen LogP contribution is 2.55. The molecule has 4 aliphatic rings. The van der Waals surface area contributed by atoms with Gasteiger partial charge >= 0.3 is 0 Å². The Labute approximate surface area is 150 Å². The smallest absolute Gasteiger partial charge is 0.163 e. The van der Waals surface area contributed by atoms with Crippen molar-refractivity contribution in [3.63, 3.8) is 0 Å². The largest absolute Gasteiger partial charge is 0.375 e. The summed E-state index contributed by atoms with van der Waals surface area (Å²) < 4.78 is 36.9. The summed E-state index contributed by atoms with van der Waals surface area (Å²) in [5, 5.41) is 0. The Balaban J connectivity index is 1.64. The number of fused-ring (bicyclic) bond motifs is 1. The van der Waals surface area contributed by atoms with Crippen LogP contribution in [0.25, 0.3) is 0 Å². The van der Waals surface area contributed by atoms with Gasteiger partial charge in [-0.1, -0.05) is 0 Å². The molecule has 0 N–H and O–H groups in total. The fraction of sp³-hybridized carbons (Fsp3) is 1.00. The second kappa shape index (κ2) is 5.63. The van der Waals surface area contributed by atoms with Crippen molar-refractivity contribution >= 4 is 0 Å². The normalized spacial score (nSPS) is 47.8. The standard InChI is InChI=1S/C19H32O6/c1-16(2)11-19(13-10-22-18(5,6)24-13)7-8-20-15(19)14(25-16)12-9-21-17(3,4)23-12/h12-15H,7-11H2,1-6H3. The molecule has 4 rings (SSSR count). The fourth-order valence-corrected chi connectivity index (χ4v) is 5.14. The molecule has 4 aliphatic heterocycles. The number of rotatable bonds is 2. The number of hydrogen-bond acceptors (Lipinski definition) is 6. The van der Waals surface area contributed by atoms with Crippen LogP contribution < -0.4 is 0 Å². The van der Waals surface area contributed by atoms with Crippen molar-refractivity contribution in [3.8, 4) is 0 Å². The van der Waals surface area contributed by atoms with E-state index >= 15 is 0 Å². The summed E-state index contributed by atoms with van der Waals surface area (Å²) in [6, 6.07) is 0. The van der Waals surface area contributed by atoms with Crippen LogP contribution in [0.4, 0.5) is 0 Å². The van der Waals surface area contributed by atoms with E-state index in [4.69, 9.17) is 28.4 Å². The first-order chi connectivity index (χ1) is 11.5. The summed E-state index contributed by atoms with van der Waals surface area (Å²) in [6.07, 6.45) is 1.50. The van der Waals surface area contributed by atoms with Crippen LogP contribution in [0, 0.1) is 5.41 Å². The van der Waals surface area contributed by atoms with Crippen molar-refractivity contribution in [1.29, 1.82) is 0 Å². The van der Waals surface area contributed by atoms with Gasteiger partial charge in [0.15, 0.2) is 11.6 Å². The molecule has 0 aliphatic carbocycles. The first-order valence-corrected chi connectivity index (χ1v) is 9.45. The van der Waals surface area contributed by atoms with Gasteiger partial charge in [0.1, 0.15) is 12.2 Å². The first kappa shape index (κ1) is 18.1. The summed E-state index contributed by atoms with van der Waals surface area (Å²) in [7, 11) is 0. The van der Waals surface area contributed by atoms with Crippen LogP contribution >= 0.6 is 0 Å². The minimum atomic E-state index is -0.578. The van der Waals surface area contributed by atoms with E-state index in [9.17, 15) is 0 Å². The van der Waals surface area contributed by atoms with E-state index < -0.39 is 11.6 Å². The van der Waals surface area contributed by atoms with Gasteiger partial charge < -0.3 is 28.4 Å². The van der Waals surface area contributed by atoms with Gasteiger partial charge in [-0.25, -0.2) is 0 Å². The average molecular weight is 356 g/mol. The van der Waals surface area contributed by atoms with Gasteiger partial charge in [0.2, 0.25) is 0 Å². The van der Waals surface area contributed by atoms with E-state index in [0.29, 0.717) is 13.2 Å². The molecule has 4 heterocycles. The fourth-order valence-electron chi connectivity index (χ4n) is 5.14. The lowest BCUT2D eigenvalue weighted by atomic mass is 9.65. The Morgan fingerprint density at radius 3 is 2.08 bits per heavy atom. The molecule has 0 aromatic carbocycles. The van der Waals surface area contributed by atoms with E-state index in [1.165, 1.54) is 0 Å². The van der Waals surface area contributed by atoms with E-state index in [1.54, 1.807) is 0 Å². The van der Waals surface area contributed by atoms with Gasteiger partial charge in [0.25, 0.3) is 0 Å². The maximum absolute atomic E-state index is 6.48. The summed E-state index contributed by atoms with van der Waals surface area (Å²) in [6.45, 7) is 14.0. The molecule has 0 aromatic rings. The van der Waals surface area contributed by atoms with Gasteiger partial charge in [-0.05, 0) is 54.4 Å². The van der Waals surface area contributed by atoms with E-state index in [-0.39, 0.29) is 35.4 Å². The average Bonchev–Trinajstić information content (AvgIpc) is 3.14. The first-order valence-electron chi connectivity index (χ1n) is 9.45. The molecule has 6 nitrogen and oxygen atoms in total. The van der Waals surface area contributed by atoms with E-state index in [2.05, 4.69) is 13.8 Å². The minimum Gasteiger partial charge on any atom is -0.375 e. The maximum atomic E-state index is 6.48. The molecule has 5 atom stereocenters. The zero-order chi connectivity index (χ0) is 18.1. The molecular weight excluding hydrogens is 324 g/mol. The quantitative estimate of drug-likeness (QED) is 0.758. The Morgan fingerprint density at radius 2 is 1.48 bits per heavy atom. The van der Waals surface area contributed by atoms with Crippen LogP contribution in [0.1, 0.15) is 54.4 Å². The van der Waals surface area contributed by atoms with Crippen molar-refractivity contribution in [2.24, 2.45) is 5.41 Å². The zero-order valence-corrected chi connectivity index (χ0v) is 16.3. The van der Waals surface area contributed by atoms with Crippen molar-refractivity contribution in [2.45, 2.75) is 96.0 Å². The van der Waals surface area contributed by atoms with Crippen LogP contribution in [-0.2, 0) is 28.4 Å². The third-order valence-corrected chi connectivity index (χ3v) is 5.99. The Kier molecular flexibility index (Phi) is 4.08. The number of ether oxygens (including phenoxy) is 6. The van der Waals surface area contributed by atoms with Crippen LogP contribution in [0.5, 0.6) is 0 Å². The molecule has 0 saturated carbocycles. The predicted molar refractivity (Wildman–Crippen MR) is 90.2 cm³/mol. The third-order valence-electron chi connectivity index (χ3n) is 5.99. The molecule has 0 aromatic heterocycles. The SMILES string of the molecule is CC1(C)CC2(C3COC(C)(C)O3)CCOC2C(C2COC(C)(C)O2)O1. The number of hydrogen-bond donors (Lipinski definition) is 0. The van der Waals surface area contributed by atoms with Crippen molar-refractivity contribution < 1.29 is 28.4 Å². The third kappa shape index (κ3) is 3.15. The summed E-state index contributed by atoms with van der Waals surface area (Å²) in [5.41, 5.74) is -0.392. The molecule has 0 radical (unpaired) electrons. The molecule has 144 valence electrons. The summed E-state index contributed by atoms with van der Waals surface area (Å²) >= 11 is 0. The van der Waals surface area contributed by atoms with Gasteiger partial charge in [0.05, 0.1) is 31.0 Å². The summed E-state index contributed by atoms with van der Waals surface area (Å²) in [5.74, 6) is -1.12. The minimum absolute atomic E-state index is 0.0102. The van der Waals surface area contributed by atoms with Crippen LogP contribution in [-0.4, -0.2) is 61.4 Å². The zero-order valence-electron chi connectivity index (χ0n) is 16.3. The topological polar surface area (TPSA) is 55.4 Å². The van der Waals surface area contributed by atoms with Crippen LogP contribution in [0.2, 0.25) is 0 Å². The molecule has 4 fully saturated rings. The van der Waals surface area contributed by atoms with Crippen molar-refractivity contribution in [2.75, 3.05) is 19.8 Å². The predicted octanol–water partition coefficient (Wildman–Crippen LogP) is 2.63. The Bertz CT molecular complexity index is 530. The van der Waals surface area contributed by atoms with E-state index in [1.807, 2.05) is 27.7 Å². The molecular formula is C19H32O6. The molecule has 0 amide bonds. The van der Waals surface area contributed by atoms with Gasteiger partial charge in [-0.2, -0.15) is 0 Å². The van der Waals surface area contributed by atoms with Gasteiger partial charge in [-0.15, -0.1) is 0 Å². The van der Waals surface area contributed by atoms with Crippen molar-refractivity contribution in [3.05, 3.63) is 0 Å². The molecule has 5 unspecified atom stereocenters. The molecule has 4 saturated heterocycles. The highest BCUT2D eigenvalue weighted by Gasteiger charge is 2.64. The highest BCUT2D eigenvalue weighted by atomic mass is 16.8. The van der Waals surface area contributed by atoms with Crippen LogP contribution in [0.15, 0.2) is 0 Å². The monoisotopic (exact) mass is 356 g/mol. The van der Waals surface area contributed by atoms with Crippen molar-refractivity contribution in [1.82, 2.24) is 0 Å².